The summed E-state index contributed by atoms with van der Waals surface area (Å²) in [6.07, 6.45) is 1.46. The second kappa shape index (κ2) is 6.13. The predicted molar refractivity (Wildman–Crippen MR) is 71.7 cm³/mol. The first-order valence-corrected chi connectivity index (χ1v) is 8.64. The van der Waals surface area contributed by atoms with Gasteiger partial charge in [0.25, 0.3) is 9.84 Å². The number of alkyl halides is 3. The van der Waals surface area contributed by atoms with Gasteiger partial charge in [0, 0.05) is 28.9 Å². The highest BCUT2D eigenvalue weighted by Gasteiger charge is 2.47. The molecule has 0 spiro atoms. The van der Waals surface area contributed by atoms with E-state index in [1.165, 1.54) is 24.5 Å². The lowest BCUT2D eigenvalue weighted by Crippen LogP contribution is -2.26. The summed E-state index contributed by atoms with van der Waals surface area (Å²) in [6.45, 7) is 1.75. The molecule has 0 amide bonds. The van der Waals surface area contributed by atoms with Crippen molar-refractivity contribution >= 4 is 26.3 Å². The minimum absolute atomic E-state index is 0.105. The maximum atomic E-state index is 12.6. The second-order valence-corrected chi connectivity index (χ2v) is 7.85. The molecule has 0 saturated carbocycles. The van der Waals surface area contributed by atoms with E-state index in [2.05, 4.69) is 5.32 Å². The van der Waals surface area contributed by atoms with Crippen molar-refractivity contribution in [2.45, 2.75) is 22.6 Å². The molecule has 1 rings (SSSR count). The molecule has 0 radical (unpaired) electrons. The number of hydrogen-bond acceptors (Lipinski definition) is 4. The fourth-order valence-electron chi connectivity index (χ4n) is 1.34. The van der Waals surface area contributed by atoms with Gasteiger partial charge in [-0.1, -0.05) is 12.1 Å². The van der Waals surface area contributed by atoms with E-state index in [-0.39, 0.29) is 17.5 Å². The molecule has 20 heavy (non-hydrogen) atoms. The van der Waals surface area contributed by atoms with Crippen molar-refractivity contribution in [2.75, 3.05) is 18.1 Å². The van der Waals surface area contributed by atoms with Crippen LogP contribution in [0.3, 0.4) is 0 Å². The van der Waals surface area contributed by atoms with E-state index in [4.69, 9.17) is 0 Å². The molecule has 0 bridgehead atoms. The van der Waals surface area contributed by atoms with Gasteiger partial charge in [-0.25, -0.2) is 8.42 Å². The van der Waals surface area contributed by atoms with Gasteiger partial charge in [0.1, 0.15) is 0 Å². The highest BCUT2D eigenvalue weighted by molar-refractivity contribution is 7.92. The van der Waals surface area contributed by atoms with Crippen LogP contribution in [0.4, 0.5) is 18.9 Å². The van der Waals surface area contributed by atoms with Gasteiger partial charge in [-0.15, -0.1) is 0 Å². The van der Waals surface area contributed by atoms with E-state index >= 15 is 0 Å². The minimum atomic E-state index is -5.41. The molecule has 2 unspecified atom stereocenters. The van der Waals surface area contributed by atoms with Crippen LogP contribution in [-0.2, 0) is 20.6 Å². The molecule has 0 aliphatic carbocycles. The molecule has 1 aromatic rings. The Balaban J connectivity index is 3.10. The molecule has 2 atom stereocenters. The predicted octanol–water partition coefficient (Wildman–Crippen LogP) is 2.16. The van der Waals surface area contributed by atoms with Crippen molar-refractivity contribution in [2.24, 2.45) is 0 Å². The number of anilines is 1. The molecule has 1 N–H and O–H groups in total. The van der Waals surface area contributed by atoms with Crippen LogP contribution in [0.1, 0.15) is 6.92 Å². The average molecular weight is 329 g/mol. The third-order valence-electron chi connectivity index (χ3n) is 2.63. The summed E-state index contributed by atoms with van der Waals surface area (Å²) in [4.78, 5) is -0.832. The lowest BCUT2D eigenvalue weighted by atomic mass is 10.3. The van der Waals surface area contributed by atoms with E-state index < -0.39 is 31.0 Å². The molecule has 0 heterocycles. The quantitative estimate of drug-likeness (QED) is 0.899. The standard InChI is InChI=1S/C11H14F3NO3S2/c1-8(19(2)16)7-15-9-5-3-4-6-10(9)20(17,18)11(12,13)14/h3-6,8,15H,7H2,1-2H3. The summed E-state index contributed by atoms with van der Waals surface area (Å²) >= 11 is 0. The Bertz CT molecular complexity index is 599. The van der Waals surface area contributed by atoms with Crippen LogP contribution in [0.25, 0.3) is 0 Å². The summed E-state index contributed by atoms with van der Waals surface area (Å²) < 4.78 is 71.7. The van der Waals surface area contributed by atoms with Crippen molar-refractivity contribution in [3.63, 3.8) is 0 Å². The minimum Gasteiger partial charge on any atom is -0.383 e. The first kappa shape index (κ1) is 17.0. The fraction of sp³-hybridized carbons (Fsp3) is 0.455. The van der Waals surface area contributed by atoms with E-state index in [1.807, 2.05) is 0 Å². The van der Waals surface area contributed by atoms with Crippen LogP contribution >= 0.6 is 0 Å². The number of benzene rings is 1. The molecular formula is C11H14F3NO3S2. The molecule has 0 fully saturated rings. The van der Waals surface area contributed by atoms with E-state index in [1.54, 1.807) is 6.92 Å². The molecule has 0 aromatic heterocycles. The zero-order chi connectivity index (χ0) is 15.6. The van der Waals surface area contributed by atoms with Crippen LogP contribution in [-0.4, -0.2) is 36.2 Å². The Labute approximate surface area is 117 Å². The zero-order valence-corrected chi connectivity index (χ0v) is 12.4. The average Bonchev–Trinajstić information content (AvgIpc) is 2.34. The van der Waals surface area contributed by atoms with E-state index in [0.717, 1.165) is 6.07 Å². The topological polar surface area (TPSA) is 63.2 Å². The summed E-state index contributed by atoms with van der Waals surface area (Å²) in [5.74, 6) is 0. The third-order valence-corrected chi connectivity index (χ3v) is 5.47. The summed E-state index contributed by atoms with van der Waals surface area (Å²) in [5.41, 5.74) is -5.51. The zero-order valence-electron chi connectivity index (χ0n) is 10.8. The van der Waals surface area contributed by atoms with Gasteiger partial charge >= 0.3 is 5.51 Å². The van der Waals surface area contributed by atoms with Crippen molar-refractivity contribution < 1.29 is 25.8 Å². The first-order chi connectivity index (χ1) is 9.07. The molecule has 0 aliphatic rings. The Morgan fingerprint density at radius 3 is 2.35 bits per heavy atom. The van der Waals surface area contributed by atoms with Crippen molar-refractivity contribution in [3.8, 4) is 0 Å². The number of nitrogens with one attached hydrogen (secondary N) is 1. The van der Waals surface area contributed by atoms with Gasteiger partial charge in [0.05, 0.1) is 10.6 Å². The van der Waals surface area contributed by atoms with Gasteiger partial charge in [0.15, 0.2) is 0 Å². The Hall–Kier alpha value is -1.09. The van der Waals surface area contributed by atoms with Crippen LogP contribution in [0.2, 0.25) is 0 Å². The maximum Gasteiger partial charge on any atom is 0.501 e. The summed E-state index contributed by atoms with van der Waals surface area (Å²) in [5, 5.41) is 2.28. The second-order valence-electron chi connectivity index (χ2n) is 4.14. The molecule has 0 saturated heterocycles. The smallest absolute Gasteiger partial charge is 0.383 e. The number of sulfone groups is 1. The molecule has 1 aromatic carbocycles. The number of halogens is 3. The number of hydrogen-bond donors (Lipinski definition) is 1. The lowest BCUT2D eigenvalue weighted by Gasteiger charge is -2.16. The van der Waals surface area contributed by atoms with Crippen LogP contribution in [0.5, 0.6) is 0 Å². The van der Waals surface area contributed by atoms with Crippen molar-refractivity contribution in [1.29, 1.82) is 0 Å². The van der Waals surface area contributed by atoms with Gasteiger partial charge in [-0.05, 0) is 19.1 Å². The van der Waals surface area contributed by atoms with Gasteiger partial charge in [-0.3, -0.25) is 4.21 Å². The first-order valence-electron chi connectivity index (χ1n) is 5.54. The number of rotatable bonds is 5. The van der Waals surface area contributed by atoms with Crippen LogP contribution in [0.15, 0.2) is 29.2 Å². The van der Waals surface area contributed by atoms with Gasteiger partial charge < -0.3 is 5.32 Å². The van der Waals surface area contributed by atoms with Crippen molar-refractivity contribution in [1.82, 2.24) is 0 Å². The highest BCUT2D eigenvalue weighted by Crippen LogP contribution is 2.34. The largest absolute Gasteiger partial charge is 0.501 e. The summed E-state index contributed by atoms with van der Waals surface area (Å²) in [7, 11) is -6.58. The summed E-state index contributed by atoms with van der Waals surface area (Å²) in [6, 6.07) is 4.76. The van der Waals surface area contributed by atoms with Gasteiger partial charge in [0.2, 0.25) is 0 Å². The van der Waals surface area contributed by atoms with E-state index in [0.29, 0.717) is 0 Å². The normalized spacial score (nSPS) is 15.7. The monoisotopic (exact) mass is 329 g/mol. The molecule has 9 heteroatoms. The number of para-hydroxylation sites is 1. The van der Waals surface area contributed by atoms with Crippen molar-refractivity contribution in [3.05, 3.63) is 24.3 Å². The Morgan fingerprint density at radius 1 is 1.30 bits per heavy atom. The van der Waals surface area contributed by atoms with Crippen LogP contribution < -0.4 is 5.32 Å². The van der Waals surface area contributed by atoms with Crippen LogP contribution in [0, 0.1) is 0 Å². The molecule has 0 aliphatic heterocycles. The Kier molecular flexibility index (Phi) is 5.20. The maximum absolute atomic E-state index is 12.6. The Morgan fingerprint density at radius 2 is 1.85 bits per heavy atom. The lowest BCUT2D eigenvalue weighted by molar-refractivity contribution is -0.0435. The highest BCUT2D eigenvalue weighted by atomic mass is 32.2. The molecule has 114 valence electrons. The molecule has 4 nitrogen and oxygen atoms in total. The van der Waals surface area contributed by atoms with Gasteiger partial charge in [-0.2, -0.15) is 13.2 Å². The SMILES string of the molecule is CC(CNc1ccccc1S(=O)(=O)C(F)(F)F)S(C)=O. The molecular weight excluding hydrogens is 315 g/mol. The third kappa shape index (κ3) is 3.72. The fourth-order valence-corrected chi connectivity index (χ4v) is 2.60. The van der Waals surface area contributed by atoms with E-state index in [9.17, 15) is 25.8 Å².